The number of rotatable bonds is 3. The molecule has 0 unspecified atom stereocenters. The van der Waals surface area contributed by atoms with Gasteiger partial charge in [0.25, 0.3) is 5.91 Å². The Morgan fingerprint density at radius 3 is 2.73 bits per heavy atom. The molecule has 1 aromatic rings. The van der Waals surface area contributed by atoms with Crippen molar-refractivity contribution in [1.82, 2.24) is 5.32 Å². The number of halogens is 2. The van der Waals surface area contributed by atoms with E-state index in [0.29, 0.717) is 4.47 Å². The molecule has 0 aliphatic heterocycles. The molecule has 0 spiro atoms. The van der Waals surface area contributed by atoms with Gasteiger partial charge in [-0.3, -0.25) is 9.59 Å². The van der Waals surface area contributed by atoms with Crippen LogP contribution in [0.2, 0.25) is 0 Å². The zero-order valence-corrected chi connectivity index (χ0v) is 9.04. The van der Waals surface area contributed by atoms with Crippen molar-refractivity contribution < 1.29 is 19.1 Å². The van der Waals surface area contributed by atoms with Gasteiger partial charge in [-0.15, -0.1) is 0 Å². The van der Waals surface area contributed by atoms with Crippen molar-refractivity contribution in [1.29, 1.82) is 0 Å². The van der Waals surface area contributed by atoms with Crippen LogP contribution in [0, 0.1) is 5.82 Å². The summed E-state index contributed by atoms with van der Waals surface area (Å²) in [5, 5.41) is 10.5. The first-order chi connectivity index (χ1) is 7.00. The van der Waals surface area contributed by atoms with Crippen molar-refractivity contribution in [2.75, 3.05) is 6.54 Å². The average Bonchev–Trinajstić information content (AvgIpc) is 2.18. The first kappa shape index (κ1) is 11.6. The van der Waals surface area contributed by atoms with Gasteiger partial charge in [0.2, 0.25) is 0 Å². The topological polar surface area (TPSA) is 66.4 Å². The highest BCUT2D eigenvalue weighted by atomic mass is 79.9. The predicted octanol–water partition coefficient (Wildman–Crippen LogP) is 1.40. The maximum atomic E-state index is 12.8. The number of carbonyl (C=O) groups is 2. The smallest absolute Gasteiger partial charge is 0.322 e. The van der Waals surface area contributed by atoms with Gasteiger partial charge in [-0.1, -0.05) is 0 Å². The molecule has 4 nitrogen and oxygen atoms in total. The molecular formula is C9H7BrFNO3. The molecule has 0 saturated heterocycles. The zero-order chi connectivity index (χ0) is 11.4. The third-order valence-corrected chi connectivity index (χ3v) is 2.26. The summed E-state index contributed by atoms with van der Waals surface area (Å²) in [4.78, 5) is 21.5. The Hall–Kier alpha value is -1.43. The number of amides is 1. The van der Waals surface area contributed by atoms with Gasteiger partial charge < -0.3 is 10.4 Å². The molecule has 0 bridgehead atoms. The SMILES string of the molecule is O=C(O)CNC(=O)c1cc(F)ccc1Br. The predicted molar refractivity (Wildman–Crippen MR) is 54.1 cm³/mol. The van der Waals surface area contributed by atoms with Crippen LogP contribution in [-0.2, 0) is 4.79 Å². The highest BCUT2D eigenvalue weighted by molar-refractivity contribution is 9.10. The molecule has 0 aliphatic carbocycles. The molecule has 0 aliphatic rings. The van der Waals surface area contributed by atoms with Crippen molar-refractivity contribution in [2.45, 2.75) is 0 Å². The summed E-state index contributed by atoms with van der Waals surface area (Å²) in [6, 6.07) is 3.60. The van der Waals surface area contributed by atoms with Gasteiger partial charge in [0.15, 0.2) is 0 Å². The number of nitrogens with one attached hydrogen (secondary N) is 1. The lowest BCUT2D eigenvalue weighted by atomic mass is 10.2. The van der Waals surface area contributed by atoms with Gasteiger partial charge in [0.05, 0.1) is 5.56 Å². The summed E-state index contributed by atoms with van der Waals surface area (Å²) < 4.78 is 13.2. The van der Waals surface area contributed by atoms with Gasteiger partial charge in [0, 0.05) is 4.47 Å². The number of hydrogen-bond donors (Lipinski definition) is 2. The number of aliphatic carboxylic acids is 1. The summed E-state index contributed by atoms with van der Waals surface area (Å²) in [5.74, 6) is -2.35. The van der Waals surface area contributed by atoms with Crippen LogP contribution in [0.15, 0.2) is 22.7 Å². The van der Waals surface area contributed by atoms with E-state index in [9.17, 15) is 14.0 Å². The van der Waals surface area contributed by atoms with Crippen molar-refractivity contribution in [3.63, 3.8) is 0 Å². The number of carbonyl (C=O) groups excluding carboxylic acids is 1. The number of carboxylic acid groups (broad SMARTS) is 1. The second-order valence-corrected chi connectivity index (χ2v) is 3.55. The lowest BCUT2D eigenvalue weighted by Gasteiger charge is -2.04. The van der Waals surface area contributed by atoms with Crippen LogP contribution in [-0.4, -0.2) is 23.5 Å². The Morgan fingerprint density at radius 2 is 2.13 bits per heavy atom. The van der Waals surface area contributed by atoms with Crippen LogP contribution < -0.4 is 5.32 Å². The molecule has 0 saturated carbocycles. The van der Waals surface area contributed by atoms with E-state index < -0.39 is 24.2 Å². The van der Waals surface area contributed by atoms with Crippen LogP contribution in [0.5, 0.6) is 0 Å². The normalized spacial score (nSPS) is 9.73. The van der Waals surface area contributed by atoms with Gasteiger partial charge in [-0.2, -0.15) is 0 Å². The van der Waals surface area contributed by atoms with Gasteiger partial charge in [-0.25, -0.2) is 4.39 Å². The van der Waals surface area contributed by atoms with Crippen LogP contribution in [0.3, 0.4) is 0 Å². The maximum Gasteiger partial charge on any atom is 0.322 e. The lowest BCUT2D eigenvalue weighted by Crippen LogP contribution is -2.29. The fraction of sp³-hybridized carbons (Fsp3) is 0.111. The lowest BCUT2D eigenvalue weighted by molar-refractivity contribution is -0.135. The second kappa shape index (κ2) is 4.88. The Kier molecular flexibility index (Phi) is 3.79. The Bertz CT molecular complexity index is 408. The Labute approximate surface area is 93.2 Å². The molecule has 15 heavy (non-hydrogen) atoms. The number of carboxylic acids is 1. The minimum absolute atomic E-state index is 0.0660. The van der Waals surface area contributed by atoms with E-state index in [1.54, 1.807) is 0 Å². The van der Waals surface area contributed by atoms with Crippen LogP contribution in [0.1, 0.15) is 10.4 Å². The number of benzene rings is 1. The summed E-state index contributed by atoms with van der Waals surface area (Å²) in [6.07, 6.45) is 0. The minimum atomic E-state index is -1.16. The van der Waals surface area contributed by atoms with Crippen LogP contribution >= 0.6 is 15.9 Å². The van der Waals surface area contributed by atoms with E-state index in [1.165, 1.54) is 12.1 Å². The van der Waals surface area contributed by atoms with E-state index in [-0.39, 0.29) is 5.56 Å². The van der Waals surface area contributed by atoms with Crippen molar-refractivity contribution in [2.24, 2.45) is 0 Å². The minimum Gasteiger partial charge on any atom is -0.480 e. The van der Waals surface area contributed by atoms with E-state index >= 15 is 0 Å². The van der Waals surface area contributed by atoms with Crippen LogP contribution in [0.25, 0.3) is 0 Å². The Morgan fingerprint density at radius 1 is 1.47 bits per heavy atom. The van der Waals surface area contributed by atoms with Crippen molar-refractivity contribution in [3.05, 3.63) is 34.1 Å². The molecule has 0 heterocycles. The van der Waals surface area contributed by atoms with E-state index in [4.69, 9.17) is 5.11 Å². The summed E-state index contributed by atoms with van der Waals surface area (Å²) >= 11 is 3.06. The van der Waals surface area contributed by atoms with Gasteiger partial charge in [-0.05, 0) is 34.1 Å². The fourth-order valence-corrected chi connectivity index (χ4v) is 1.35. The van der Waals surface area contributed by atoms with Gasteiger partial charge in [0.1, 0.15) is 12.4 Å². The van der Waals surface area contributed by atoms with E-state index in [2.05, 4.69) is 21.2 Å². The highest BCUT2D eigenvalue weighted by Crippen LogP contribution is 2.17. The molecule has 1 aromatic carbocycles. The molecule has 0 aromatic heterocycles. The quantitative estimate of drug-likeness (QED) is 0.877. The molecule has 2 N–H and O–H groups in total. The largest absolute Gasteiger partial charge is 0.480 e. The van der Waals surface area contributed by atoms with Crippen molar-refractivity contribution >= 4 is 27.8 Å². The van der Waals surface area contributed by atoms with E-state index in [0.717, 1.165) is 6.07 Å². The van der Waals surface area contributed by atoms with Crippen LogP contribution in [0.4, 0.5) is 4.39 Å². The third-order valence-electron chi connectivity index (χ3n) is 1.57. The van der Waals surface area contributed by atoms with Gasteiger partial charge >= 0.3 is 5.97 Å². The van der Waals surface area contributed by atoms with E-state index in [1.807, 2.05) is 0 Å². The fourth-order valence-electron chi connectivity index (χ4n) is 0.923. The molecule has 0 radical (unpaired) electrons. The summed E-state index contributed by atoms with van der Waals surface area (Å²) in [5.41, 5.74) is 0.0660. The zero-order valence-electron chi connectivity index (χ0n) is 7.46. The molecule has 0 atom stereocenters. The Balaban J connectivity index is 2.81. The van der Waals surface area contributed by atoms with Crippen molar-refractivity contribution in [3.8, 4) is 0 Å². The molecule has 0 fully saturated rings. The molecule has 1 amide bonds. The molecule has 6 heteroatoms. The first-order valence-corrected chi connectivity index (χ1v) is 4.75. The molecule has 1 rings (SSSR count). The summed E-state index contributed by atoms with van der Waals surface area (Å²) in [6.45, 7) is -0.498. The third kappa shape index (κ3) is 3.32. The maximum absolute atomic E-state index is 12.8. The number of hydrogen-bond acceptors (Lipinski definition) is 2. The second-order valence-electron chi connectivity index (χ2n) is 2.70. The summed E-state index contributed by atoms with van der Waals surface area (Å²) in [7, 11) is 0. The molecule has 80 valence electrons. The average molecular weight is 276 g/mol. The molecular weight excluding hydrogens is 269 g/mol. The monoisotopic (exact) mass is 275 g/mol. The highest BCUT2D eigenvalue weighted by Gasteiger charge is 2.11. The standard InChI is InChI=1S/C9H7BrFNO3/c10-7-2-1-5(11)3-6(7)9(15)12-4-8(13)14/h1-3H,4H2,(H,12,15)(H,13,14). The first-order valence-electron chi connectivity index (χ1n) is 3.95.